The fourth-order valence-electron chi connectivity index (χ4n) is 4.05. The molecule has 1 aromatic heterocycles. The Labute approximate surface area is 116 Å². The van der Waals surface area contributed by atoms with Gasteiger partial charge < -0.3 is 5.32 Å². The fraction of sp³-hybridized carbons (Fsp3) is 0.812. The Morgan fingerprint density at radius 1 is 1.26 bits per heavy atom. The Hall–Kier alpha value is -0.830. The second-order valence-electron chi connectivity index (χ2n) is 6.34. The summed E-state index contributed by atoms with van der Waals surface area (Å²) in [6.45, 7) is 2.35. The summed E-state index contributed by atoms with van der Waals surface area (Å²) in [5, 5.41) is 8.43. The second-order valence-corrected chi connectivity index (χ2v) is 6.34. The van der Waals surface area contributed by atoms with Crippen molar-refractivity contribution in [1.82, 2.24) is 15.1 Å². The van der Waals surface area contributed by atoms with Crippen molar-refractivity contribution < 1.29 is 0 Å². The highest BCUT2D eigenvalue weighted by Gasteiger charge is 2.29. The van der Waals surface area contributed by atoms with Crippen molar-refractivity contribution in [3.63, 3.8) is 0 Å². The molecule has 1 N–H and O–H groups in total. The third kappa shape index (κ3) is 2.58. The number of nitrogens with zero attached hydrogens (tertiary/aromatic N) is 2. The molecule has 1 saturated carbocycles. The molecule has 2 aliphatic carbocycles. The lowest BCUT2D eigenvalue weighted by atomic mass is 9.81. The van der Waals surface area contributed by atoms with E-state index in [-0.39, 0.29) is 0 Å². The Morgan fingerprint density at radius 3 is 2.95 bits per heavy atom. The summed E-state index contributed by atoms with van der Waals surface area (Å²) >= 11 is 0. The first-order chi connectivity index (χ1) is 9.29. The van der Waals surface area contributed by atoms with Gasteiger partial charge in [-0.3, -0.25) is 4.68 Å². The van der Waals surface area contributed by atoms with Crippen LogP contribution in [0.25, 0.3) is 0 Å². The molecule has 1 heterocycles. The van der Waals surface area contributed by atoms with Crippen molar-refractivity contribution >= 4 is 0 Å². The van der Waals surface area contributed by atoms with Gasteiger partial charge in [0, 0.05) is 30.4 Å². The number of hydrogen-bond acceptors (Lipinski definition) is 2. The van der Waals surface area contributed by atoms with E-state index in [2.05, 4.69) is 35.3 Å². The van der Waals surface area contributed by atoms with Gasteiger partial charge in [0.05, 0.1) is 6.20 Å². The topological polar surface area (TPSA) is 29.9 Å². The van der Waals surface area contributed by atoms with Crippen LogP contribution in [0.1, 0.15) is 69.2 Å². The molecule has 0 spiro atoms. The van der Waals surface area contributed by atoms with Crippen LogP contribution in [0, 0.1) is 5.92 Å². The highest BCUT2D eigenvalue weighted by atomic mass is 15.3. The van der Waals surface area contributed by atoms with Gasteiger partial charge in [0.2, 0.25) is 0 Å². The maximum Gasteiger partial charge on any atom is 0.0540 e. The predicted molar refractivity (Wildman–Crippen MR) is 78.1 cm³/mol. The SMILES string of the molecule is CCC1CCCCC1NC1CCCc2c1cnn2C. The van der Waals surface area contributed by atoms with Crippen LogP contribution in [-0.4, -0.2) is 15.8 Å². The zero-order chi connectivity index (χ0) is 13.2. The van der Waals surface area contributed by atoms with Gasteiger partial charge in [0.1, 0.15) is 0 Å². The third-order valence-corrected chi connectivity index (χ3v) is 5.22. The van der Waals surface area contributed by atoms with E-state index in [0.29, 0.717) is 6.04 Å². The van der Waals surface area contributed by atoms with E-state index in [9.17, 15) is 0 Å². The van der Waals surface area contributed by atoms with Gasteiger partial charge in [0.25, 0.3) is 0 Å². The molecule has 1 fully saturated rings. The van der Waals surface area contributed by atoms with Gasteiger partial charge in [-0.1, -0.05) is 26.2 Å². The van der Waals surface area contributed by atoms with Gasteiger partial charge in [0.15, 0.2) is 0 Å². The van der Waals surface area contributed by atoms with Crippen molar-refractivity contribution in [2.75, 3.05) is 0 Å². The van der Waals surface area contributed by atoms with Gasteiger partial charge in [-0.15, -0.1) is 0 Å². The number of hydrogen-bond donors (Lipinski definition) is 1. The van der Waals surface area contributed by atoms with E-state index in [1.54, 1.807) is 0 Å². The van der Waals surface area contributed by atoms with E-state index in [4.69, 9.17) is 0 Å². The fourth-order valence-corrected chi connectivity index (χ4v) is 4.05. The van der Waals surface area contributed by atoms with Crippen LogP contribution in [0.5, 0.6) is 0 Å². The summed E-state index contributed by atoms with van der Waals surface area (Å²) in [7, 11) is 2.08. The Kier molecular flexibility index (Phi) is 3.92. The maximum atomic E-state index is 4.46. The molecule has 1 aromatic rings. The number of fused-ring (bicyclic) bond motifs is 1. The first-order valence-corrected chi connectivity index (χ1v) is 8.06. The van der Waals surface area contributed by atoms with E-state index in [1.807, 2.05) is 0 Å². The molecule has 3 heteroatoms. The molecule has 19 heavy (non-hydrogen) atoms. The number of nitrogens with one attached hydrogen (secondary N) is 1. The molecule has 0 amide bonds. The summed E-state index contributed by atoms with van der Waals surface area (Å²) in [6.07, 6.45) is 12.8. The average Bonchev–Trinajstić information content (AvgIpc) is 2.82. The third-order valence-electron chi connectivity index (χ3n) is 5.22. The van der Waals surface area contributed by atoms with Crippen molar-refractivity contribution in [3.8, 4) is 0 Å². The van der Waals surface area contributed by atoms with Crippen molar-refractivity contribution in [2.45, 2.75) is 70.4 Å². The molecule has 0 aliphatic heterocycles. The highest BCUT2D eigenvalue weighted by Crippen LogP contribution is 2.33. The van der Waals surface area contributed by atoms with Gasteiger partial charge in [-0.05, 0) is 38.0 Å². The highest BCUT2D eigenvalue weighted by molar-refractivity contribution is 5.24. The van der Waals surface area contributed by atoms with Crippen LogP contribution in [-0.2, 0) is 13.5 Å². The van der Waals surface area contributed by atoms with Gasteiger partial charge >= 0.3 is 0 Å². The van der Waals surface area contributed by atoms with Crippen LogP contribution in [0.4, 0.5) is 0 Å². The van der Waals surface area contributed by atoms with E-state index in [1.165, 1.54) is 62.6 Å². The monoisotopic (exact) mass is 261 g/mol. The number of rotatable bonds is 3. The summed E-state index contributed by atoms with van der Waals surface area (Å²) < 4.78 is 2.07. The quantitative estimate of drug-likeness (QED) is 0.904. The summed E-state index contributed by atoms with van der Waals surface area (Å²) in [5.74, 6) is 0.885. The standard InChI is InChI=1S/C16H27N3/c1-3-12-7-4-5-8-14(12)18-15-9-6-10-16-13(15)11-17-19(16)2/h11-12,14-15,18H,3-10H2,1-2H3. The van der Waals surface area contributed by atoms with E-state index in [0.717, 1.165) is 12.0 Å². The van der Waals surface area contributed by atoms with Gasteiger partial charge in [-0.25, -0.2) is 0 Å². The molecule has 0 saturated heterocycles. The zero-order valence-electron chi connectivity index (χ0n) is 12.4. The Bertz CT molecular complexity index is 424. The van der Waals surface area contributed by atoms with Crippen molar-refractivity contribution in [1.29, 1.82) is 0 Å². The largest absolute Gasteiger partial charge is 0.307 e. The molecule has 3 atom stereocenters. The maximum absolute atomic E-state index is 4.46. The minimum Gasteiger partial charge on any atom is -0.307 e. The van der Waals surface area contributed by atoms with Crippen molar-refractivity contribution in [2.24, 2.45) is 13.0 Å². The minimum atomic E-state index is 0.551. The van der Waals surface area contributed by atoms with Crippen LogP contribution < -0.4 is 5.32 Å². The molecular weight excluding hydrogens is 234 g/mol. The Morgan fingerprint density at radius 2 is 2.11 bits per heavy atom. The Balaban J connectivity index is 1.73. The molecule has 0 radical (unpaired) electrons. The van der Waals surface area contributed by atoms with Crippen LogP contribution in [0.2, 0.25) is 0 Å². The molecule has 2 aliphatic rings. The molecule has 3 nitrogen and oxygen atoms in total. The molecular formula is C16H27N3. The predicted octanol–water partition coefficient (Wildman–Crippen LogP) is 3.36. The molecule has 0 aromatic carbocycles. The normalized spacial score (nSPS) is 31.2. The summed E-state index contributed by atoms with van der Waals surface area (Å²) in [4.78, 5) is 0. The molecule has 3 unspecified atom stereocenters. The lowest BCUT2D eigenvalue weighted by molar-refractivity contribution is 0.229. The van der Waals surface area contributed by atoms with Crippen LogP contribution in [0.3, 0.4) is 0 Å². The van der Waals surface area contributed by atoms with Crippen molar-refractivity contribution in [3.05, 3.63) is 17.5 Å². The lowest BCUT2D eigenvalue weighted by Crippen LogP contribution is -2.41. The second kappa shape index (κ2) is 5.66. The van der Waals surface area contributed by atoms with Crippen LogP contribution in [0.15, 0.2) is 6.20 Å². The summed E-state index contributed by atoms with van der Waals surface area (Å²) in [5.41, 5.74) is 2.92. The van der Waals surface area contributed by atoms with Gasteiger partial charge in [-0.2, -0.15) is 5.10 Å². The lowest BCUT2D eigenvalue weighted by Gasteiger charge is -2.36. The number of aromatic nitrogens is 2. The van der Waals surface area contributed by atoms with Crippen LogP contribution >= 0.6 is 0 Å². The smallest absolute Gasteiger partial charge is 0.0540 e. The zero-order valence-corrected chi connectivity index (χ0v) is 12.4. The average molecular weight is 261 g/mol. The molecule has 0 bridgehead atoms. The first kappa shape index (κ1) is 13.2. The van der Waals surface area contributed by atoms with E-state index < -0.39 is 0 Å². The van der Waals surface area contributed by atoms with E-state index >= 15 is 0 Å². The molecule has 106 valence electrons. The first-order valence-electron chi connectivity index (χ1n) is 8.06. The minimum absolute atomic E-state index is 0.551. The summed E-state index contributed by atoms with van der Waals surface area (Å²) in [6, 6.07) is 1.28. The number of aryl methyl sites for hydroxylation is 1. The molecule has 3 rings (SSSR count).